The van der Waals surface area contributed by atoms with Crippen molar-refractivity contribution in [3.63, 3.8) is 0 Å². The summed E-state index contributed by atoms with van der Waals surface area (Å²) in [5.74, 6) is 0.199. The summed E-state index contributed by atoms with van der Waals surface area (Å²) in [5.41, 5.74) is 11.1. The number of rotatable bonds is 5. The van der Waals surface area contributed by atoms with E-state index in [4.69, 9.17) is 12.2 Å². The van der Waals surface area contributed by atoms with Crippen LogP contribution < -0.4 is 16.2 Å². The van der Waals surface area contributed by atoms with Crippen LogP contribution >= 0.6 is 24.0 Å². The predicted octanol–water partition coefficient (Wildman–Crippen LogP) is 4.28. The molecule has 0 bridgehead atoms. The lowest BCUT2D eigenvalue weighted by atomic mass is 10.1. The Morgan fingerprint density at radius 3 is 2.58 bits per heavy atom. The van der Waals surface area contributed by atoms with Gasteiger partial charge < -0.3 is 5.32 Å². The summed E-state index contributed by atoms with van der Waals surface area (Å²) in [6.45, 7) is 8.22. The van der Waals surface area contributed by atoms with E-state index in [1.807, 2.05) is 32.9 Å². The third-order valence-electron chi connectivity index (χ3n) is 4.00. The molecule has 0 fully saturated rings. The molecular formula is C20H25N3OS2. The number of amides is 1. The molecule has 0 unspecified atom stereocenters. The molecule has 0 saturated heterocycles. The molecule has 0 aliphatic rings. The second-order valence-electron chi connectivity index (χ2n) is 6.15. The van der Waals surface area contributed by atoms with Gasteiger partial charge in [0, 0.05) is 10.6 Å². The molecule has 0 heterocycles. The lowest BCUT2D eigenvalue weighted by molar-refractivity contribution is -0.119. The van der Waals surface area contributed by atoms with E-state index in [0.717, 1.165) is 22.6 Å². The van der Waals surface area contributed by atoms with Gasteiger partial charge in [0.05, 0.1) is 5.75 Å². The smallest absolute Gasteiger partial charge is 0.248 e. The Hall–Kier alpha value is -2.05. The number of benzene rings is 2. The Balaban J connectivity index is 1.84. The number of anilines is 1. The number of carbonyl (C=O) groups excluding carboxylic acids is 1. The van der Waals surface area contributed by atoms with Crippen LogP contribution in [0.25, 0.3) is 0 Å². The normalized spacial score (nSPS) is 10.3. The standard InChI is InChI=1S/C20H25N3OS2/c1-5-16-8-6-7-15(4)19(16)21-20(25)23-22-18(24)12-26-17-11-13(2)9-10-14(17)3/h6-11H,5,12H2,1-4H3,(H,22,24)(H2,21,23,25). The van der Waals surface area contributed by atoms with Gasteiger partial charge in [-0.25, -0.2) is 0 Å². The Morgan fingerprint density at radius 2 is 1.85 bits per heavy atom. The minimum atomic E-state index is -0.124. The van der Waals surface area contributed by atoms with Crippen LogP contribution in [0.15, 0.2) is 41.3 Å². The van der Waals surface area contributed by atoms with E-state index in [1.165, 1.54) is 28.5 Å². The second kappa shape index (κ2) is 9.59. The number of thiocarbonyl (C=S) groups is 1. The average molecular weight is 388 g/mol. The van der Waals surface area contributed by atoms with E-state index in [9.17, 15) is 4.79 Å². The third-order valence-corrected chi connectivity index (χ3v) is 5.36. The molecule has 4 nitrogen and oxygen atoms in total. The van der Waals surface area contributed by atoms with Gasteiger partial charge in [0.2, 0.25) is 5.91 Å². The van der Waals surface area contributed by atoms with E-state index in [1.54, 1.807) is 0 Å². The van der Waals surface area contributed by atoms with Crippen molar-refractivity contribution in [1.82, 2.24) is 10.9 Å². The summed E-state index contributed by atoms with van der Waals surface area (Å²) in [6, 6.07) is 12.4. The monoisotopic (exact) mass is 387 g/mol. The average Bonchev–Trinajstić information content (AvgIpc) is 2.62. The fourth-order valence-corrected chi connectivity index (χ4v) is 3.59. The van der Waals surface area contributed by atoms with Crippen LogP contribution in [0.5, 0.6) is 0 Å². The van der Waals surface area contributed by atoms with E-state index >= 15 is 0 Å². The molecule has 2 aromatic carbocycles. The van der Waals surface area contributed by atoms with Crippen molar-refractivity contribution in [2.24, 2.45) is 0 Å². The fourth-order valence-electron chi connectivity index (χ4n) is 2.52. The molecule has 0 spiro atoms. The molecule has 2 rings (SSSR count). The summed E-state index contributed by atoms with van der Waals surface area (Å²) in [5, 5.41) is 3.55. The second-order valence-corrected chi connectivity index (χ2v) is 7.57. The molecule has 2 aromatic rings. The number of carbonyl (C=O) groups is 1. The Bertz CT molecular complexity index is 806. The first-order valence-corrected chi connectivity index (χ1v) is 9.94. The molecule has 0 aromatic heterocycles. The number of hydrazine groups is 1. The van der Waals surface area contributed by atoms with Gasteiger partial charge in [-0.1, -0.05) is 42.8 Å². The molecule has 1 amide bonds. The Kier molecular flexibility index (Phi) is 7.48. The van der Waals surface area contributed by atoms with E-state index in [0.29, 0.717) is 10.9 Å². The molecule has 0 saturated carbocycles. The van der Waals surface area contributed by atoms with Crippen LogP contribution in [0.3, 0.4) is 0 Å². The van der Waals surface area contributed by atoms with Gasteiger partial charge in [-0.3, -0.25) is 15.6 Å². The first-order chi connectivity index (χ1) is 12.4. The number of hydrogen-bond acceptors (Lipinski definition) is 3. The highest BCUT2D eigenvalue weighted by Gasteiger charge is 2.08. The summed E-state index contributed by atoms with van der Waals surface area (Å²) < 4.78 is 0. The minimum Gasteiger partial charge on any atom is -0.331 e. The van der Waals surface area contributed by atoms with Gasteiger partial charge in [-0.15, -0.1) is 11.8 Å². The summed E-state index contributed by atoms with van der Waals surface area (Å²) in [4.78, 5) is 13.2. The lowest BCUT2D eigenvalue weighted by Crippen LogP contribution is -2.44. The van der Waals surface area contributed by atoms with Gasteiger partial charge in [-0.05, 0) is 62.2 Å². The van der Waals surface area contributed by atoms with E-state index < -0.39 is 0 Å². The molecule has 6 heteroatoms. The van der Waals surface area contributed by atoms with Crippen molar-refractivity contribution in [3.8, 4) is 0 Å². The summed E-state index contributed by atoms with van der Waals surface area (Å²) in [6.07, 6.45) is 0.908. The van der Waals surface area contributed by atoms with Crippen molar-refractivity contribution in [1.29, 1.82) is 0 Å². The third kappa shape index (κ3) is 5.75. The fraction of sp³-hybridized carbons (Fsp3) is 0.300. The molecule has 26 heavy (non-hydrogen) atoms. The zero-order valence-corrected chi connectivity index (χ0v) is 17.2. The molecule has 0 radical (unpaired) electrons. The highest BCUT2D eigenvalue weighted by Crippen LogP contribution is 2.23. The number of thioether (sulfide) groups is 1. The molecule has 0 aliphatic heterocycles. The largest absolute Gasteiger partial charge is 0.331 e. The van der Waals surface area contributed by atoms with E-state index in [2.05, 4.69) is 47.4 Å². The van der Waals surface area contributed by atoms with E-state index in [-0.39, 0.29) is 5.91 Å². The summed E-state index contributed by atoms with van der Waals surface area (Å²) >= 11 is 6.81. The van der Waals surface area contributed by atoms with Gasteiger partial charge >= 0.3 is 0 Å². The molecule has 138 valence electrons. The van der Waals surface area contributed by atoms with Crippen molar-refractivity contribution in [2.75, 3.05) is 11.1 Å². The minimum absolute atomic E-state index is 0.124. The van der Waals surface area contributed by atoms with Crippen LogP contribution in [0.2, 0.25) is 0 Å². The van der Waals surface area contributed by atoms with Crippen LogP contribution in [-0.2, 0) is 11.2 Å². The zero-order chi connectivity index (χ0) is 19.1. The number of hydrogen-bond donors (Lipinski definition) is 3. The summed E-state index contributed by atoms with van der Waals surface area (Å²) in [7, 11) is 0. The maximum Gasteiger partial charge on any atom is 0.248 e. The molecule has 0 aliphatic carbocycles. The molecular weight excluding hydrogens is 362 g/mol. The predicted molar refractivity (Wildman–Crippen MR) is 115 cm³/mol. The van der Waals surface area contributed by atoms with Crippen molar-refractivity contribution >= 4 is 40.7 Å². The zero-order valence-electron chi connectivity index (χ0n) is 15.6. The highest BCUT2D eigenvalue weighted by molar-refractivity contribution is 8.00. The maximum absolute atomic E-state index is 12.1. The molecule has 0 atom stereocenters. The van der Waals surface area contributed by atoms with Crippen molar-refractivity contribution in [2.45, 2.75) is 39.0 Å². The topological polar surface area (TPSA) is 53.2 Å². The highest BCUT2D eigenvalue weighted by atomic mass is 32.2. The number of para-hydroxylation sites is 1. The van der Waals surface area contributed by atoms with Gasteiger partial charge in [-0.2, -0.15) is 0 Å². The first-order valence-electron chi connectivity index (χ1n) is 8.55. The van der Waals surface area contributed by atoms with Gasteiger partial charge in [0.25, 0.3) is 0 Å². The van der Waals surface area contributed by atoms with Crippen LogP contribution in [0.1, 0.15) is 29.2 Å². The van der Waals surface area contributed by atoms with Gasteiger partial charge in [0.1, 0.15) is 0 Å². The SMILES string of the molecule is CCc1cccc(C)c1NC(=S)NNC(=O)CSc1cc(C)ccc1C. The number of nitrogens with one attached hydrogen (secondary N) is 3. The first kappa shape index (κ1) is 20.3. The lowest BCUT2D eigenvalue weighted by Gasteiger charge is -2.16. The van der Waals surface area contributed by atoms with Crippen LogP contribution in [-0.4, -0.2) is 16.8 Å². The molecule has 3 N–H and O–H groups in total. The van der Waals surface area contributed by atoms with Crippen molar-refractivity contribution < 1.29 is 4.79 Å². The van der Waals surface area contributed by atoms with Gasteiger partial charge in [0.15, 0.2) is 5.11 Å². The van der Waals surface area contributed by atoms with Crippen LogP contribution in [0, 0.1) is 20.8 Å². The number of aryl methyl sites for hydroxylation is 4. The van der Waals surface area contributed by atoms with Crippen LogP contribution in [0.4, 0.5) is 5.69 Å². The van der Waals surface area contributed by atoms with Crippen molar-refractivity contribution in [3.05, 3.63) is 58.7 Å². The quantitative estimate of drug-likeness (QED) is 0.406. The maximum atomic E-state index is 12.1. The Morgan fingerprint density at radius 1 is 1.08 bits per heavy atom. The Labute approximate surface area is 165 Å².